The third-order valence-corrected chi connectivity index (χ3v) is 20.5. The van der Waals surface area contributed by atoms with Crippen LogP contribution in [0.1, 0.15) is 206 Å². The zero-order chi connectivity index (χ0) is 67.2. The molecule has 5 heterocycles. The number of likely N-dealkylation sites (tertiary alicyclic amines) is 2. The molecule has 498 valence electrons. The maximum atomic E-state index is 13.7. The Morgan fingerprint density at radius 1 is 0.568 bits per heavy atom. The maximum Gasteiger partial charge on any atom is 0.229 e. The first-order valence-corrected chi connectivity index (χ1v) is 33.3. The van der Waals surface area contributed by atoms with Crippen molar-refractivity contribution in [2.24, 2.45) is 16.7 Å². The number of halogens is 2. The van der Waals surface area contributed by atoms with E-state index < -0.39 is 23.6 Å². The van der Waals surface area contributed by atoms with E-state index in [-0.39, 0.29) is 74.2 Å². The number of carbonyl (C=O) groups excluding carboxylic acids is 3. The second-order valence-corrected chi connectivity index (χ2v) is 26.9. The van der Waals surface area contributed by atoms with Crippen LogP contribution in [0.5, 0.6) is 0 Å². The summed E-state index contributed by atoms with van der Waals surface area (Å²) in [6, 6.07) is 42.3. The van der Waals surface area contributed by atoms with Crippen molar-refractivity contribution in [1.29, 1.82) is 0 Å². The molecule has 11 unspecified atom stereocenters. The zero-order valence-corrected chi connectivity index (χ0v) is 55.4. The number of rotatable bonds is 16. The highest BCUT2D eigenvalue weighted by Crippen LogP contribution is 2.66. The predicted molar refractivity (Wildman–Crippen MR) is 376 cm³/mol. The topological polar surface area (TPSA) is 114 Å². The van der Waals surface area contributed by atoms with Gasteiger partial charge in [0.15, 0.2) is 0 Å². The quantitative estimate of drug-likeness (QED) is 0.0952. The Morgan fingerprint density at radius 2 is 0.968 bits per heavy atom. The van der Waals surface area contributed by atoms with Gasteiger partial charge in [0.25, 0.3) is 0 Å². The van der Waals surface area contributed by atoms with E-state index in [4.69, 9.17) is 2.74 Å². The van der Waals surface area contributed by atoms with Crippen molar-refractivity contribution in [2.45, 2.75) is 178 Å². The summed E-state index contributed by atoms with van der Waals surface area (Å²) in [5, 5.41) is 0. The van der Waals surface area contributed by atoms with Gasteiger partial charge >= 0.3 is 0 Å². The molecular formula is C81H97F2N9O3. The van der Waals surface area contributed by atoms with Crippen LogP contribution >= 0.6 is 0 Å². The molecule has 2 saturated heterocycles. The van der Waals surface area contributed by atoms with Gasteiger partial charge in [-0.2, -0.15) is 0 Å². The van der Waals surface area contributed by atoms with E-state index in [0.29, 0.717) is 37.8 Å². The van der Waals surface area contributed by atoms with Crippen LogP contribution in [-0.4, -0.2) is 80.7 Å². The molecule has 14 rings (SSSR count). The van der Waals surface area contributed by atoms with Gasteiger partial charge in [0.05, 0.1) is 65.0 Å². The number of carbonyl (C=O) groups is 3. The predicted octanol–water partition coefficient (Wildman–Crippen LogP) is 18.2. The van der Waals surface area contributed by atoms with Crippen molar-refractivity contribution >= 4 is 17.7 Å². The molecule has 0 N–H and O–H groups in total. The molecule has 12 nitrogen and oxygen atoms in total. The molecule has 3 aliphatic carbocycles. The first kappa shape index (κ1) is 66.2. The van der Waals surface area contributed by atoms with Gasteiger partial charge in [0.2, 0.25) is 17.7 Å². The SMILES string of the molecule is C.C.CCCCN(C(=O)C1CC1c1ccc(-n2cnc(C)c2)c(C)c1)C(C)c1ccccc1.[2H]C1CCN(C(C)c2ccc(F)cc2)C(=O)C12CC2c1ccc(-n2cnc(C)c2)c(C)c1.[2H]C1CCN(C(C)c2ccc(F)cc2)C(=O)C12CC2c1ccc(-n2cnc(C)c2)c(C)c1. The number of piperidine rings is 2. The summed E-state index contributed by atoms with van der Waals surface area (Å²) in [7, 11) is 0. The molecule has 95 heavy (non-hydrogen) atoms. The summed E-state index contributed by atoms with van der Waals surface area (Å²) in [6.07, 6.45) is 16.6. The average molecular weight is 1280 g/mol. The Kier molecular flexibility index (Phi) is 20.0. The number of amides is 3. The van der Waals surface area contributed by atoms with E-state index in [1.165, 1.54) is 41.0 Å². The van der Waals surface area contributed by atoms with E-state index in [1.54, 1.807) is 24.3 Å². The smallest absolute Gasteiger partial charge is 0.229 e. The highest BCUT2D eigenvalue weighted by molar-refractivity contribution is 5.89. The van der Waals surface area contributed by atoms with Crippen LogP contribution in [0.2, 0.25) is 0 Å². The lowest BCUT2D eigenvalue weighted by molar-refractivity contribution is -0.143. The van der Waals surface area contributed by atoms with Gasteiger partial charge in [-0.3, -0.25) is 14.4 Å². The van der Waals surface area contributed by atoms with Crippen molar-refractivity contribution in [2.75, 3.05) is 19.6 Å². The second-order valence-electron chi connectivity index (χ2n) is 26.9. The molecule has 0 radical (unpaired) electrons. The second kappa shape index (κ2) is 28.7. The number of aromatic nitrogens is 6. The van der Waals surface area contributed by atoms with E-state index >= 15 is 0 Å². The van der Waals surface area contributed by atoms with Gasteiger partial charge in [-0.05, 0) is 224 Å². The third-order valence-electron chi connectivity index (χ3n) is 20.5. The fraction of sp³-hybridized carbons (Fsp3) is 0.407. The van der Waals surface area contributed by atoms with Crippen molar-refractivity contribution < 1.29 is 25.9 Å². The minimum absolute atomic E-state index is 0. The molecule has 2 spiro atoms. The molecule has 3 amide bonds. The summed E-state index contributed by atoms with van der Waals surface area (Å²) < 4.78 is 50.3. The van der Waals surface area contributed by atoms with E-state index in [2.05, 4.69) is 138 Å². The Hall–Kier alpha value is -8.78. The van der Waals surface area contributed by atoms with Crippen LogP contribution in [0, 0.1) is 69.9 Å². The van der Waals surface area contributed by atoms with E-state index in [1.807, 2.05) is 97.2 Å². The van der Waals surface area contributed by atoms with Crippen molar-refractivity contribution in [3.05, 3.63) is 250 Å². The van der Waals surface area contributed by atoms with Crippen molar-refractivity contribution in [3.63, 3.8) is 0 Å². The lowest BCUT2D eigenvalue weighted by atomic mass is 9.87. The summed E-state index contributed by atoms with van der Waals surface area (Å²) in [5.41, 5.74) is 15.0. The van der Waals surface area contributed by atoms with Gasteiger partial charge in [-0.1, -0.05) is 119 Å². The lowest BCUT2D eigenvalue weighted by Crippen LogP contribution is -2.44. The molecule has 11 atom stereocenters. The van der Waals surface area contributed by atoms with Crippen LogP contribution < -0.4 is 0 Å². The van der Waals surface area contributed by atoms with Gasteiger partial charge in [0.1, 0.15) is 11.6 Å². The Morgan fingerprint density at radius 3 is 1.35 bits per heavy atom. The Labute approximate surface area is 565 Å². The van der Waals surface area contributed by atoms with Gasteiger partial charge in [-0.15, -0.1) is 0 Å². The number of hydrogen-bond donors (Lipinski definition) is 0. The standard InChI is InChI=1S/C27H33N3O.2C26H28FN3O.2CH4/c1-5-6-14-30(21(4)22-10-8-7-9-11-22)27(31)25-16-24(25)23-12-13-26(19(2)15-23)29-17-20(3)28-18-29;2*1-17-13-21(7-10-24(17)29-15-18(2)28-16-29)23-14-26(23)11-4-12-30(25(26)31)19(3)20-5-8-22(27)9-6-20;;/h7-13,15,17-18,21,24-25H,5-6,14,16H2,1-4H3;2*5-10,13,15-16,19,23H,4,11-12,14H2,1-3H3;2*1H4/i;2*11D;;. The summed E-state index contributed by atoms with van der Waals surface area (Å²) in [4.78, 5) is 59.7. The first-order valence-electron chi connectivity index (χ1n) is 34.4. The van der Waals surface area contributed by atoms with E-state index in [0.717, 1.165) is 106 Å². The van der Waals surface area contributed by atoms with Crippen molar-refractivity contribution in [1.82, 2.24) is 43.4 Å². The summed E-state index contributed by atoms with van der Waals surface area (Å²) in [5.74, 6) is 0.453. The molecule has 9 aromatic rings. The number of benzene rings is 6. The monoisotopic (exact) mass is 1280 g/mol. The van der Waals surface area contributed by atoms with Gasteiger partial charge in [0, 0.05) is 63.9 Å². The fourth-order valence-corrected chi connectivity index (χ4v) is 14.7. The molecule has 5 fully saturated rings. The summed E-state index contributed by atoms with van der Waals surface area (Å²) in [6.45, 7) is 22.5. The van der Waals surface area contributed by atoms with Crippen molar-refractivity contribution in [3.8, 4) is 17.1 Å². The van der Waals surface area contributed by atoms with Gasteiger partial charge in [-0.25, -0.2) is 23.7 Å². The number of nitrogens with zero attached hydrogens (tertiary/aromatic N) is 9. The average Bonchev–Trinajstić information content (AvgIpc) is 1.55. The largest absolute Gasteiger partial charge is 0.336 e. The molecule has 14 heteroatoms. The summed E-state index contributed by atoms with van der Waals surface area (Å²) >= 11 is 0. The number of aryl methyl sites for hydroxylation is 6. The Balaban J connectivity index is 0.000000156. The molecule has 5 aliphatic rings. The number of imidazole rings is 3. The highest BCUT2D eigenvalue weighted by atomic mass is 19.1. The van der Waals surface area contributed by atoms with Crippen LogP contribution in [-0.2, 0) is 14.4 Å². The number of hydrogen-bond acceptors (Lipinski definition) is 6. The lowest BCUT2D eigenvalue weighted by Gasteiger charge is -2.38. The Bertz CT molecular complexity index is 4060. The molecule has 2 aliphatic heterocycles. The molecular weight excluding hydrogens is 1180 g/mol. The van der Waals surface area contributed by atoms with Crippen LogP contribution in [0.4, 0.5) is 8.78 Å². The highest BCUT2D eigenvalue weighted by Gasteiger charge is 2.64. The minimum atomic E-state index is -0.647. The van der Waals surface area contributed by atoms with Crippen LogP contribution in [0.3, 0.4) is 0 Å². The first-order chi connectivity index (χ1) is 45.6. The normalized spacial score (nSPS) is 23.5. The van der Waals surface area contributed by atoms with Crippen LogP contribution in [0.25, 0.3) is 17.1 Å². The minimum Gasteiger partial charge on any atom is -0.336 e. The zero-order valence-electron chi connectivity index (χ0n) is 57.4. The molecule has 6 aromatic carbocycles. The third kappa shape index (κ3) is 14.3. The maximum absolute atomic E-state index is 13.7. The molecule has 3 aromatic heterocycles. The van der Waals surface area contributed by atoms with Gasteiger partial charge < -0.3 is 28.4 Å². The molecule has 3 saturated carbocycles. The molecule has 0 bridgehead atoms. The van der Waals surface area contributed by atoms with Crippen LogP contribution in [0.15, 0.2) is 171 Å². The van der Waals surface area contributed by atoms with E-state index in [9.17, 15) is 23.2 Å². The fourth-order valence-electron chi connectivity index (χ4n) is 14.7. The number of unbranched alkanes of at least 4 members (excludes halogenated alkanes) is 1.